The van der Waals surface area contributed by atoms with E-state index < -0.39 is 0 Å². The second kappa shape index (κ2) is 7.97. The number of hydrogen-bond donors (Lipinski definition) is 1. The van der Waals surface area contributed by atoms with Gasteiger partial charge in [-0.25, -0.2) is 0 Å². The van der Waals surface area contributed by atoms with E-state index in [9.17, 15) is 5.11 Å². The number of rotatable bonds is 7. The molecule has 0 aromatic heterocycles. The Morgan fingerprint density at radius 3 is 2.38 bits per heavy atom. The molecule has 0 aromatic carbocycles. The maximum absolute atomic E-state index is 11.3. The van der Waals surface area contributed by atoms with Gasteiger partial charge in [-0.05, 0) is 116 Å². The molecule has 12 atom stereocenters. The van der Waals surface area contributed by atoms with Crippen molar-refractivity contribution in [3.63, 3.8) is 0 Å². The SMILES string of the molecule is CC[C@H](C[C@H](O)[C@@H](C)C1CCC2C3C[C@@H](OC)[C@]45CC4CC[C@]5(C)C3CC[C@@]21C)C(C)C. The van der Waals surface area contributed by atoms with Crippen LogP contribution in [0.5, 0.6) is 0 Å². The van der Waals surface area contributed by atoms with Crippen LogP contribution in [-0.4, -0.2) is 24.4 Å². The molecular weight excluding hydrogens is 392 g/mol. The van der Waals surface area contributed by atoms with Crippen molar-refractivity contribution in [2.75, 3.05) is 7.11 Å². The molecule has 0 bridgehead atoms. The predicted molar refractivity (Wildman–Crippen MR) is 132 cm³/mol. The number of aliphatic hydroxyl groups excluding tert-OH is 1. The summed E-state index contributed by atoms with van der Waals surface area (Å²) in [6, 6.07) is 0. The fourth-order valence-corrected chi connectivity index (χ4v) is 11.2. The minimum atomic E-state index is -0.137. The van der Waals surface area contributed by atoms with Crippen molar-refractivity contribution >= 4 is 0 Å². The third-order valence-electron chi connectivity index (χ3n) is 13.2. The van der Waals surface area contributed by atoms with Crippen molar-refractivity contribution in [2.24, 2.45) is 63.6 Å². The van der Waals surface area contributed by atoms with Crippen LogP contribution in [0.1, 0.15) is 106 Å². The van der Waals surface area contributed by atoms with Gasteiger partial charge in [0.1, 0.15) is 0 Å². The molecule has 0 radical (unpaired) electrons. The van der Waals surface area contributed by atoms with Crippen molar-refractivity contribution in [3.8, 4) is 0 Å². The molecule has 5 aliphatic carbocycles. The summed E-state index contributed by atoms with van der Waals surface area (Å²) in [5.74, 6) is 6.02. The van der Waals surface area contributed by atoms with Gasteiger partial charge in [0.2, 0.25) is 0 Å². The molecule has 5 fully saturated rings. The van der Waals surface area contributed by atoms with E-state index in [1.165, 1.54) is 57.8 Å². The highest BCUT2D eigenvalue weighted by atomic mass is 16.5. The summed E-state index contributed by atoms with van der Waals surface area (Å²) in [5.41, 5.74) is 1.48. The molecule has 5 unspecified atom stereocenters. The van der Waals surface area contributed by atoms with E-state index in [4.69, 9.17) is 4.74 Å². The van der Waals surface area contributed by atoms with Gasteiger partial charge in [-0.2, -0.15) is 0 Å². The summed E-state index contributed by atoms with van der Waals surface area (Å²) in [5, 5.41) is 11.3. The minimum absolute atomic E-state index is 0.137. The van der Waals surface area contributed by atoms with E-state index in [0.717, 1.165) is 30.1 Å². The maximum Gasteiger partial charge on any atom is 0.0638 e. The van der Waals surface area contributed by atoms with Gasteiger partial charge < -0.3 is 9.84 Å². The number of aliphatic hydroxyl groups is 1. The van der Waals surface area contributed by atoms with Gasteiger partial charge in [0.05, 0.1) is 12.2 Å². The van der Waals surface area contributed by atoms with Gasteiger partial charge in [-0.15, -0.1) is 0 Å². The Bertz CT molecular complexity index is 703. The first-order chi connectivity index (χ1) is 15.1. The van der Waals surface area contributed by atoms with Crippen molar-refractivity contribution in [2.45, 2.75) is 118 Å². The topological polar surface area (TPSA) is 29.5 Å². The maximum atomic E-state index is 11.3. The lowest BCUT2D eigenvalue weighted by Crippen LogP contribution is -2.57. The van der Waals surface area contributed by atoms with E-state index in [0.29, 0.717) is 46.0 Å². The molecule has 5 saturated carbocycles. The van der Waals surface area contributed by atoms with E-state index in [1.807, 2.05) is 7.11 Å². The molecule has 2 heteroatoms. The van der Waals surface area contributed by atoms with Crippen molar-refractivity contribution in [1.29, 1.82) is 0 Å². The first-order valence-electron chi connectivity index (χ1n) is 14.3. The summed E-state index contributed by atoms with van der Waals surface area (Å²) in [6.45, 7) is 14.7. The lowest BCUT2D eigenvalue weighted by molar-refractivity contribution is -0.162. The normalized spacial score (nSPS) is 52.0. The van der Waals surface area contributed by atoms with Crippen LogP contribution in [0.4, 0.5) is 0 Å². The minimum Gasteiger partial charge on any atom is -0.393 e. The Balaban J connectivity index is 1.36. The van der Waals surface area contributed by atoms with Gasteiger partial charge in [0, 0.05) is 12.5 Å². The number of methoxy groups -OCH3 is 1. The molecule has 2 nitrogen and oxygen atoms in total. The van der Waals surface area contributed by atoms with Crippen LogP contribution in [0.15, 0.2) is 0 Å². The monoisotopic (exact) mass is 444 g/mol. The van der Waals surface area contributed by atoms with Crippen LogP contribution in [-0.2, 0) is 4.74 Å². The summed E-state index contributed by atoms with van der Waals surface area (Å²) in [4.78, 5) is 0. The highest BCUT2D eigenvalue weighted by molar-refractivity contribution is 5.26. The number of ether oxygens (including phenoxy) is 1. The molecule has 0 saturated heterocycles. The lowest BCUT2D eigenvalue weighted by Gasteiger charge is -2.61. The van der Waals surface area contributed by atoms with Crippen molar-refractivity contribution in [1.82, 2.24) is 0 Å². The largest absolute Gasteiger partial charge is 0.393 e. The van der Waals surface area contributed by atoms with Crippen LogP contribution in [0.2, 0.25) is 0 Å². The van der Waals surface area contributed by atoms with Crippen LogP contribution in [0.3, 0.4) is 0 Å². The first kappa shape index (κ1) is 23.7. The Hall–Kier alpha value is -0.0800. The Morgan fingerprint density at radius 2 is 1.75 bits per heavy atom. The fraction of sp³-hybridized carbons (Fsp3) is 1.00. The standard InChI is InChI=1S/C30H52O2/c1-8-20(18(2)3)15-26(31)19(4)23-9-10-24-22-16-27(32-7)30-17-21(30)11-14-29(30,6)25(22)12-13-28(23,24)5/h18-27,31H,8-17H2,1-7H3/t19-,20+,21?,22?,23?,24?,25?,26-,27+,28+,29+,30-/m0/s1. The second-order valence-corrected chi connectivity index (χ2v) is 14.0. The zero-order valence-corrected chi connectivity index (χ0v) is 22.2. The van der Waals surface area contributed by atoms with Crippen molar-refractivity contribution < 1.29 is 9.84 Å². The summed E-state index contributed by atoms with van der Waals surface area (Å²) in [7, 11) is 2.00. The number of fused-ring (bicyclic) bond motifs is 4. The average molecular weight is 445 g/mol. The molecule has 1 spiro atoms. The molecule has 5 rings (SSSR count). The zero-order valence-electron chi connectivity index (χ0n) is 22.2. The smallest absolute Gasteiger partial charge is 0.0638 e. The van der Waals surface area contributed by atoms with Crippen molar-refractivity contribution in [3.05, 3.63) is 0 Å². The summed E-state index contributed by atoms with van der Waals surface area (Å²) < 4.78 is 6.30. The van der Waals surface area contributed by atoms with Gasteiger partial charge in [-0.1, -0.05) is 48.0 Å². The van der Waals surface area contributed by atoms with Crippen LogP contribution in [0.25, 0.3) is 0 Å². The molecule has 0 aromatic rings. The molecule has 1 N–H and O–H groups in total. The van der Waals surface area contributed by atoms with E-state index >= 15 is 0 Å². The Morgan fingerprint density at radius 1 is 1.00 bits per heavy atom. The van der Waals surface area contributed by atoms with Gasteiger partial charge >= 0.3 is 0 Å². The zero-order chi connectivity index (χ0) is 23.1. The van der Waals surface area contributed by atoms with Crippen LogP contribution in [0, 0.1) is 63.6 Å². The highest BCUT2D eigenvalue weighted by Crippen LogP contribution is 2.82. The fourth-order valence-electron chi connectivity index (χ4n) is 11.2. The molecule has 5 aliphatic rings. The molecule has 0 amide bonds. The molecule has 0 heterocycles. The quantitative estimate of drug-likeness (QED) is 0.445. The summed E-state index contributed by atoms with van der Waals surface area (Å²) in [6.07, 6.45) is 13.8. The van der Waals surface area contributed by atoms with Crippen LogP contribution >= 0.6 is 0 Å². The van der Waals surface area contributed by atoms with E-state index in [2.05, 4.69) is 41.5 Å². The second-order valence-electron chi connectivity index (χ2n) is 14.0. The molecule has 32 heavy (non-hydrogen) atoms. The van der Waals surface area contributed by atoms with Crippen LogP contribution < -0.4 is 0 Å². The van der Waals surface area contributed by atoms with Gasteiger partial charge in [0.25, 0.3) is 0 Å². The highest BCUT2D eigenvalue weighted by Gasteiger charge is 2.77. The first-order valence-corrected chi connectivity index (χ1v) is 14.3. The lowest BCUT2D eigenvalue weighted by atomic mass is 9.45. The third-order valence-corrected chi connectivity index (χ3v) is 13.2. The van der Waals surface area contributed by atoms with E-state index in [1.54, 1.807) is 0 Å². The molecule has 0 aliphatic heterocycles. The molecular formula is C30H52O2. The predicted octanol–water partition coefficient (Wildman–Crippen LogP) is 7.34. The van der Waals surface area contributed by atoms with Gasteiger partial charge in [-0.3, -0.25) is 0 Å². The average Bonchev–Trinajstić information content (AvgIpc) is 3.27. The van der Waals surface area contributed by atoms with E-state index in [-0.39, 0.29) is 6.10 Å². The molecule has 184 valence electrons. The third kappa shape index (κ3) is 3.03. The Kier molecular flexibility index (Phi) is 5.89. The Labute approximate surface area is 198 Å². The number of hydrogen-bond acceptors (Lipinski definition) is 2. The summed E-state index contributed by atoms with van der Waals surface area (Å²) >= 11 is 0. The van der Waals surface area contributed by atoms with Gasteiger partial charge in [0.15, 0.2) is 0 Å².